The SMILES string of the molecule is O=C(O)C(=O)Cc1ccc(N2Cc3ccccc3C2=O)cc1. The number of benzene rings is 2. The van der Waals surface area contributed by atoms with Crippen LogP contribution in [0.25, 0.3) is 0 Å². The molecule has 2 aromatic carbocycles. The molecule has 0 bridgehead atoms. The molecule has 110 valence electrons. The average molecular weight is 295 g/mol. The number of ketones is 1. The minimum Gasteiger partial charge on any atom is -0.475 e. The summed E-state index contributed by atoms with van der Waals surface area (Å²) in [6.45, 7) is 0.516. The van der Waals surface area contributed by atoms with Gasteiger partial charge >= 0.3 is 5.97 Å². The Morgan fingerprint density at radius 3 is 2.36 bits per heavy atom. The molecule has 1 aliphatic heterocycles. The third-order valence-corrected chi connectivity index (χ3v) is 3.67. The van der Waals surface area contributed by atoms with E-state index in [1.165, 1.54) is 0 Å². The predicted octanol–water partition coefficient (Wildman–Crippen LogP) is 2.04. The van der Waals surface area contributed by atoms with Gasteiger partial charge in [0.15, 0.2) is 0 Å². The Morgan fingerprint density at radius 1 is 1.05 bits per heavy atom. The summed E-state index contributed by atoms with van der Waals surface area (Å²) in [5.41, 5.74) is 3.03. The number of hydrogen-bond donors (Lipinski definition) is 1. The number of rotatable bonds is 4. The molecule has 1 aliphatic rings. The number of carboxylic acid groups (broad SMARTS) is 1. The highest BCUT2D eigenvalue weighted by Gasteiger charge is 2.27. The highest BCUT2D eigenvalue weighted by molar-refractivity contribution is 6.33. The fourth-order valence-corrected chi connectivity index (χ4v) is 2.52. The van der Waals surface area contributed by atoms with E-state index >= 15 is 0 Å². The molecule has 0 saturated heterocycles. The van der Waals surface area contributed by atoms with Crippen LogP contribution in [-0.2, 0) is 22.6 Å². The van der Waals surface area contributed by atoms with Gasteiger partial charge in [-0.05, 0) is 29.3 Å². The van der Waals surface area contributed by atoms with Crippen LogP contribution in [0.4, 0.5) is 5.69 Å². The molecule has 0 radical (unpaired) electrons. The van der Waals surface area contributed by atoms with E-state index in [1.54, 1.807) is 35.2 Å². The molecule has 1 heterocycles. The van der Waals surface area contributed by atoms with Gasteiger partial charge in [0.2, 0.25) is 5.78 Å². The normalized spacial score (nSPS) is 13.1. The van der Waals surface area contributed by atoms with Gasteiger partial charge in [0, 0.05) is 17.7 Å². The van der Waals surface area contributed by atoms with Crippen LogP contribution in [0.3, 0.4) is 0 Å². The number of aliphatic carboxylic acids is 1. The summed E-state index contributed by atoms with van der Waals surface area (Å²) in [6, 6.07) is 14.3. The van der Waals surface area contributed by atoms with Crippen molar-refractivity contribution in [3.8, 4) is 0 Å². The van der Waals surface area contributed by atoms with Crippen molar-refractivity contribution in [2.45, 2.75) is 13.0 Å². The Balaban J connectivity index is 1.79. The summed E-state index contributed by atoms with van der Waals surface area (Å²) in [7, 11) is 0. The predicted molar refractivity (Wildman–Crippen MR) is 79.7 cm³/mol. The third-order valence-electron chi connectivity index (χ3n) is 3.67. The first-order valence-electron chi connectivity index (χ1n) is 6.81. The third kappa shape index (κ3) is 2.48. The van der Waals surface area contributed by atoms with Crippen LogP contribution >= 0.6 is 0 Å². The van der Waals surface area contributed by atoms with Crippen LogP contribution in [-0.4, -0.2) is 22.8 Å². The molecule has 0 saturated carbocycles. The Bertz CT molecular complexity index is 764. The molecule has 1 amide bonds. The minimum atomic E-state index is -1.44. The second kappa shape index (κ2) is 5.44. The van der Waals surface area contributed by atoms with Crippen molar-refractivity contribution in [3.05, 3.63) is 65.2 Å². The number of anilines is 1. The van der Waals surface area contributed by atoms with Crippen molar-refractivity contribution in [2.24, 2.45) is 0 Å². The van der Waals surface area contributed by atoms with Crippen molar-refractivity contribution in [1.29, 1.82) is 0 Å². The van der Waals surface area contributed by atoms with Crippen molar-refractivity contribution in [2.75, 3.05) is 4.90 Å². The molecule has 1 N–H and O–H groups in total. The number of fused-ring (bicyclic) bond motifs is 1. The lowest BCUT2D eigenvalue weighted by atomic mass is 10.1. The van der Waals surface area contributed by atoms with Gasteiger partial charge < -0.3 is 10.0 Å². The number of hydrogen-bond acceptors (Lipinski definition) is 3. The number of amides is 1. The van der Waals surface area contributed by atoms with Gasteiger partial charge in [-0.15, -0.1) is 0 Å². The summed E-state index contributed by atoms with van der Waals surface area (Å²) < 4.78 is 0. The van der Waals surface area contributed by atoms with Crippen LogP contribution in [0, 0.1) is 0 Å². The van der Waals surface area contributed by atoms with Gasteiger partial charge in [-0.1, -0.05) is 30.3 Å². The summed E-state index contributed by atoms with van der Waals surface area (Å²) in [5.74, 6) is -2.34. The van der Waals surface area contributed by atoms with Gasteiger partial charge in [-0.2, -0.15) is 0 Å². The summed E-state index contributed by atoms with van der Waals surface area (Å²) >= 11 is 0. The van der Waals surface area contributed by atoms with Crippen LogP contribution in [0.5, 0.6) is 0 Å². The van der Waals surface area contributed by atoms with Gasteiger partial charge in [0.05, 0.1) is 6.54 Å². The Labute approximate surface area is 126 Å². The minimum absolute atomic E-state index is 0.0510. The van der Waals surface area contributed by atoms with E-state index in [2.05, 4.69) is 0 Å². The van der Waals surface area contributed by atoms with E-state index in [1.807, 2.05) is 18.2 Å². The standard InChI is InChI=1S/C17H13NO4/c19-15(17(21)22)9-11-5-7-13(8-6-11)18-10-12-3-1-2-4-14(12)16(18)20/h1-8H,9-10H2,(H,21,22). The van der Waals surface area contributed by atoms with E-state index in [0.717, 1.165) is 11.3 Å². The molecule has 0 aliphatic carbocycles. The zero-order valence-corrected chi connectivity index (χ0v) is 11.7. The molecular weight excluding hydrogens is 282 g/mol. The lowest BCUT2D eigenvalue weighted by molar-refractivity contribution is -0.148. The summed E-state index contributed by atoms with van der Waals surface area (Å²) in [5, 5.41) is 8.60. The number of carboxylic acids is 1. The van der Waals surface area contributed by atoms with E-state index in [4.69, 9.17) is 5.11 Å². The fourth-order valence-electron chi connectivity index (χ4n) is 2.52. The van der Waals surface area contributed by atoms with Crippen molar-refractivity contribution in [1.82, 2.24) is 0 Å². The quantitative estimate of drug-likeness (QED) is 0.876. The first-order valence-corrected chi connectivity index (χ1v) is 6.81. The second-order valence-electron chi connectivity index (χ2n) is 5.12. The zero-order valence-electron chi connectivity index (χ0n) is 11.7. The van der Waals surface area contributed by atoms with Crippen molar-refractivity contribution in [3.63, 3.8) is 0 Å². The summed E-state index contributed by atoms with van der Waals surface area (Å²) in [4.78, 5) is 35.7. The number of carbonyl (C=O) groups excluding carboxylic acids is 2. The Hall–Kier alpha value is -2.95. The smallest absolute Gasteiger partial charge is 0.372 e. The molecule has 0 unspecified atom stereocenters. The maximum absolute atomic E-state index is 12.3. The lowest BCUT2D eigenvalue weighted by Crippen LogP contribution is -2.23. The van der Waals surface area contributed by atoms with E-state index in [0.29, 0.717) is 17.7 Å². The molecule has 0 atom stereocenters. The molecule has 0 aromatic heterocycles. The van der Waals surface area contributed by atoms with Crippen LogP contribution in [0.1, 0.15) is 21.5 Å². The first-order chi connectivity index (χ1) is 10.6. The van der Waals surface area contributed by atoms with Crippen molar-refractivity contribution >= 4 is 23.3 Å². The first kappa shape index (κ1) is 14.0. The topological polar surface area (TPSA) is 74.7 Å². The maximum Gasteiger partial charge on any atom is 0.372 e. The van der Waals surface area contributed by atoms with Gasteiger partial charge in [-0.3, -0.25) is 9.59 Å². The number of Topliss-reactive ketones (excluding diaryl/α,β-unsaturated/α-hetero) is 1. The highest BCUT2D eigenvalue weighted by atomic mass is 16.4. The van der Waals surface area contributed by atoms with Crippen molar-refractivity contribution < 1.29 is 19.5 Å². The molecule has 5 heteroatoms. The van der Waals surface area contributed by atoms with E-state index in [-0.39, 0.29) is 12.3 Å². The fraction of sp³-hybridized carbons (Fsp3) is 0.118. The Morgan fingerprint density at radius 2 is 1.73 bits per heavy atom. The van der Waals surface area contributed by atoms with Gasteiger partial charge in [-0.25, -0.2) is 4.79 Å². The van der Waals surface area contributed by atoms with Gasteiger partial charge in [0.25, 0.3) is 5.91 Å². The number of carbonyl (C=O) groups is 3. The Kier molecular flexibility index (Phi) is 3.47. The molecule has 2 aromatic rings. The van der Waals surface area contributed by atoms with Gasteiger partial charge in [0.1, 0.15) is 0 Å². The molecular formula is C17H13NO4. The van der Waals surface area contributed by atoms with E-state index < -0.39 is 11.8 Å². The second-order valence-corrected chi connectivity index (χ2v) is 5.12. The maximum atomic E-state index is 12.3. The molecule has 22 heavy (non-hydrogen) atoms. The highest BCUT2D eigenvalue weighted by Crippen LogP contribution is 2.28. The number of nitrogens with zero attached hydrogens (tertiary/aromatic N) is 1. The average Bonchev–Trinajstić information content (AvgIpc) is 2.85. The van der Waals surface area contributed by atoms with Crippen LogP contribution in [0.15, 0.2) is 48.5 Å². The largest absolute Gasteiger partial charge is 0.475 e. The zero-order chi connectivity index (χ0) is 15.7. The van der Waals surface area contributed by atoms with Crippen LogP contribution in [0.2, 0.25) is 0 Å². The molecule has 0 fully saturated rings. The monoisotopic (exact) mass is 295 g/mol. The van der Waals surface area contributed by atoms with E-state index in [9.17, 15) is 14.4 Å². The summed E-state index contributed by atoms with van der Waals surface area (Å²) in [6.07, 6.45) is -0.149. The lowest BCUT2D eigenvalue weighted by Gasteiger charge is -2.16. The molecule has 3 rings (SSSR count). The molecule has 5 nitrogen and oxygen atoms in total. The molecule has 0 spiro atoms. The van der Waals surface area contributed by atoms with Crippen LogP contribution < -0.4 is 4.90 Å².